The molecule has 4 nitrogen and oxygen atoms in total. The van der Waals surface area contributed by atoms with Crippen LogP contribution in [0.3, 0.4) is 0 Å². The van der Waals surface area contributed by atoms with Crippen LogP contribution in [0.1, 0.15) is 11.1 Å². The monoisotopic (exact) mass is 290 g/mol. The number of anilines is 1. The molecule has 0 bridgehead atoms. The van der Waals surface area contributed by atoms with Crippen LogP contribution in [0.25, 0.3) is 0 Å². The quantitative estimate of drug-likeness (QED) is 0.879. The van der Waals surface area contributed by atoms with Crippen molar-refractivity contribution in [3.63, 3.8) is 0 Å². The van der Waals surface area contributed by atoms with E-state index in [0.29, 0.717) is 11.1 Å². The second kappa shape index (κ2) is 5.31. The van der Waals surface area contributed by atoms with Gasteiger partial charge in [0.1, 0.15) is 5.82 Å². The van der Waals surface area contributed by atoms with Crippen molar-refractivity contribution in [1.82, 2.24) is 0 Å². The highest BCUT2D eigenvalue weighted by Crippen LogP contribution is 2.20. The minimum atomic E-state index is -3.68. The Kier molecular flexibility index (Phi) is 3.72. The molecule has 0 saturated carbocycles. The molecule has 6 heteroatoms. The molecular weight excluding hydrogens is 279 g/mol. The third kappa shape index (κ3) is 2.95. The highest BCUT2D eigenvalue weighted by molar-refractivity contribution is 7.90. The Hall–Kier alpha value is -2.39. The number of nitrogen functional groups attached to an aromatic ring is 1. The van der Waals surface area contributed by atoms with E-state index in [2.05, 4.69) is 0 Å². The lowest BCUT2D eigenvalue weighted by Crippen LogP contribution is -2.06. The summed E-state index contributed by atoms with van der Waals surface area (Å²) < 4.78 is 37.7. The van der Waals surface area contributed by atoms with E-state index in [9.17, 15) is 12.8 Å². The number of sulfone groups is 1. The van der Waals surface area contributed by atoms with Gasteiger partial charge in [-0.05, 0) is 35.9 Å². The molecule has 0 aliphatic heterocycles. The zero-order valence-corrected chi connectivity index (χ0v) is 11.2. The third-order valence-corrected chi connectivity index (χ3v) is 4.43. The summed E-state index contributed by atoms with van der Waals surface area (Å²) in [7, 11) is -3.68. The minimum Gasteiger partial charge on any atom is -0.396 e. The second-order valence-electron chi connectivity index (χ2n) is 4.25. The van der Waals surface area contributed by atoms with Gasteiger partial charge in [-0.25, -0.2) is 12.8 Å². The Bertz CT molecular complexity index is 795. The molecule has 0 aliphatic carbocycles. The van der Waals surface area contributed by atoms with Gasteiger partial charge in [-0.3, -0.25) is 0 Å². The number of benzene rings is 2. The van der Waals surface area contributed by atoms with Gasteiger partial charge in [0.2, 0.25) is 0 Å². The van der Waals surface area contributed by atoms with Gasteiger partial charge in [-0.15, -0.1) is 0 Å². The largest absolute Gasteiger partial charge is 0.396 e. The molecule has 0 atom stereocenters. The molecule has 2 aromatic rings. The fraction of sp³-hybridized carbons (Fsp3) is 0.0714. The predicted octanol–water partition coefficient (Wildman–Crippen LogP) is 2.25. The predicted molar refractivity (Wildman–Crippen MR) is 72.9 cm³/mol. The highest BCUT2D eigenvalue weighted by Gasteiger charge is 2.17. The Morgan fingerprint density at radius 3 is 2.60 bits per heavy atom. The number of hydrogen-bond donors (Lipinski definition) is 1. The van der Waals surface area contributed by atoms with Gasteiger partial charge >= 0.3 is 0 Å². The number of nitrogens with two attached hydrogens (primary N) is 1. The Balaban J connectivity index is 2.35. The summed E-state index contributed by atoms with van der Waals surface area (Å²) in [5.74, 6) is -1.07. The van der Waals surface area contributed by atoms with E-state index in [1.807, 2.05) is 6.07 Å². The lowest BCUT2D eigenvalue weighted by atomic mass is 10.2. The van der Waals surface area contributed by atoms with Gasteiger partial charge in [-0.1, -0.05) is 12.1 Å². The summed E-state index contributed by atoms with van der Waals surface area (Å²) in [6.45, 7) is 0. The zero-order chi connectivity index (χ0) is 14.8. The zero-order valence-electron chi connectivity index (χ0n) is 10.4. The molecule has 102 valence electrons. The molecule has 0 unspecified atom stereocenters. The first-order chi connectivity index (χ1) is 9.42. The summed E-state index contributed by atoms with van der Waals surface area (Å²) >= 11 is 0. The van der Waals surface area contributed by atoms with E-state index in [-0.39, 0.29) is 16.3 Å². The molecule has 0 aliphatic rings. The maximum absolute atomic E-state index is 13.3. The van der Waals surface area contributed by atoms with E-state index < -0.39 is 15.7 Å². The minimum absolute atomic E-state index is 0.101. The standard InChI is InChI=1S/C14H11FN2O2S/c15-13-7-12(4-5-14(13)17)20(18,19)9-11-3-1-2-10(6-11)8-16/h1-7H,9,17H2. The van der Waals surface area contributed by atoms with Crippen molar-refractivity contribution < 1.29 is 12.8 Å². The molecule has 0 fully saturated rings. The van der Waals surface area contributed by atoms with Crippen LogP contribution >= 0.6 is 0 Å². The first-order valence-corrected chi connectivity index (χ1v) is 7.34. The normalized spacial score (nSPS) is 11.0. The number of nitrogens with zero attached hydrogens (tertiary/aromatic N) is 1. The first kappa shape index (κ1) is 14.0. The summed E-state index contributed by atoms with van der Waals surface area (Å²) in [5, 5.41) is 8.78. The summed E-state index contributed by atoms with van der Waals surface area (Å²) in [5.41, 5.74) is 6.06. The van der Waals surface area contributed by atoms with Gasteiger partial charge in [0.25, 0.3) is 0 Å². The molecule has 2 aromatic carbocycles. The molecule has 0 radical (unpaired) electrons. The summed E-state index contributed by atoms with van der Waals surface area (Å²) in [4.78, 5) is -0.133. The van der Waals surface area contributed by atoms with Crippen LogP contribution in [0.2, 0.25) is 0 Å². The maximum atomic E-state index is 13.3. The molecule has 0 saturated heterocycles. The molecule has 0 aromatic heterocycles. The van der Waals surface area contributed by atoms with Crippen LogP contribution in [0, 0.1) is 17.1 Å². The van der Waals surface area contributed by atoms with Crippen molar-refractivity contribution >= 4 is 15.5 Å². The highest BCUT2D eigenvalue weighted by atomic mass is 32.2. The van der Waals surface area contributed by atoms with Crippen molar-refractivity contribution in [2.24, 2.45) is 0 Å². The van der Waals surface area contributed by atoms with E-state index in [1.165, 1.54) is 18.2 Å². The van der Waals surface area contributed by atoms with Gasteiger partial charge < -0.3 is 5.73 Å². The average molecular weight is 290 g/mol. The molecule has 2 rings (SSSR count). The molecule has 20 heavy (non-hydrogen) atoms. The number of rotatable bonds is 3. The smallest absolute Gasteiger partial charge is 0.182 e. The van der Waals surface area contributed by atoms with Crippen LogP contribution in [-0.2, 0) is 15.6 Å². The van der Waals surface area contributed by atoms with Crippen molar-refractivity contribution in [1.29, 1.82) is 5.26 Å². The van der Waals surface area contributed by atoms with Crippen LogP contribution in [0.5, 0.6) is 0 Å². The summed E-state index contributed by atoms with van der Waals surface area (Å²) in [6.07, 6.45) is 0. The number of hydrogen-bond acceptors (Lipinski definition) is 4. The van der Waals surface area contributed by atoms with Gasteiger partial charge in [-0.2, -0.15) is 5.26 Å². The van der Waals surface area contributed by atoms with Crippen LogP contribution in [0.4, 0.5) is 10.1 Å². The first-order valence-electron chi connectivity index (χ1n) is 5.69. The van der Waals surface area contributed by atoms with Crippen molar-refractivity contribution in [3.05, 3.63) is 59.4 Å². The van der Waals surface area contributed by atoms with Crippen molar-refractivity contribution in [2.45, 2.75) is 10.6 Å². The Morgan fingerprint density at radius 1 is 1.20 bits per heavy atom. The molecule has 0 heterocycles. The molecule has 0 spiro atoms. The van der Waals surface area contributed by atoms with Crippen molar-refractivity contribution in [3.8, 4) is 6.07 Å². The third-order valence-electron chi connectivity index (χ3n) is 2.74. The van der Waals surface area contributed by atoms with E-state index in [0.717, 1.165) is 6.07 Å². The van der Waals surface area contributed by atoms with Crippen LogP contribution in [-0.4, -0.2) is 8.42 Å². The summed E-state index contributed by atoms with van der Waals surface area (Å²) in [6, 6.07) is 11.6. The molecule has 0 amide bonds. The lowest BCUT2D eigenvalue weighted by Gasteiger charge is -2.06. The van der Waals surface area contributed by atoms with E-state index in [4.69, 9.17) is 11.0 Å². The fourth-order valence-corrected chi connectivity index (χ4v) is 3.08. The second-order valence-corrected chi connectivity index (χ2v) is 6.24. The molecule has 2 N–H and O–H groups in total. The Labute approximate surface area is 116 Å². The number of nitriles is 1. The SMILES string of the molecule is N#Cc1cccc(CS(=O)(=O)c2ccc(N)c(F)c2)c1. The lowest BCUT2D eigenvalue weighted by molar-refractivity contribution is 0.591. The Morgan fingerprint density at radius 2 is 1.95 bits per heavy atom. The van der Waals surface area contributed by atoms with Crippen LogP contribution in [0.15, 0.2) is 47.4 Å². The molecular formula is C14H11FN2O2S. The van der Waals surface area contributed by atoms with Crippen molar-refractivity contribution in [2.75, 3.05) is 5.73 Å². The van der Waals surface area contributed by atoms with Gasteiger partial charge in [0.05, 0.1) is 28.0 Å². The average Bonchev–Trinajstić information content (AvgIpc) is 2.41. The topological polar surface area (TPSA) is 84.0 Å². The fourth-order valence-electron chi connectivity index (χ4n) is 1.73. The van der Waals surface area contributed by atoms with Gasteiger partial charge in [0.15, 0.2) is 9.84 Å². The van der Waals surface area contributed by atoms with Crippen LogP contribution < -0.4 is 5.73 Å². The van der Waals surface area contributed by atoms with E-state index >= 15 is 0 Å². The number of halogens is 1. The van der Waals surface area contributed by atoms with E-state index in [1.54, 1.807) is 18.2 Å². The van der Waals surface area contributed by atoms with Gasteiger partial charge in [0, 0.05) is 0 Å². The maximum Gasteiger partial charge on any atom is 0.182 e.